The van der Waals surface area contributed by atoms with Gasteiger partial charge in [-0.25, -0.2) is 4.39 Å². The fourth-order valence-electron chi connectivity index (χ4n) is 2.17. The van der Waals surface area contributed by atoms with Gasteiger partial charge in [0.15, 0.2) is 11.6 Å². The highest BCUT2D eigenvalue weighted by Gasteiger charge is 2.26. The minimum atomic E-state index is -0.775. The van der Waals surface area contributed by atoms with Crippen LogP contribution in [0.5, 0.6) is 5.75 Å². The molecule has 0 aliphatic heterocycles. The third kappa shape index (κ3) is 3.34. The number of hydrogen-bond acceptors (Lipinski definition) is 3. The van der Waals surface area contributed by atoms with E-state index in [1.54, 1.807) is 12.1 Å². The summed E-state index contributed by atoms with van der Waals surface area (Å²) in [6.07, 6.45) is 0. The summed E-state index contributed by atoms with van der Waals surface area (Å²) < 4.78 is 18.8. The Balaban J connectivity index is 2.31. The topological polar surface area (TPSA) is 41.5 Å². The lowest BCUT2D eigenvalue weighted by Crippen LogP contribution is -2.36. The molecule has 0 amide bonds. The first kappa shape index (κ1) is 15.3. The van der Waals surface area contributed by atoms with Crippen molar-refractivity contribution >= 4 is 5.69 Å². The number of hydrogen-bond donors (Lipinski definition) is 2. The molecular weight excluding hydrogens is 269 g/mol. The van der Waals surface area contributed by atoms with Gasteiger partial charge in [0.25, 0.3) is 0 Å². The van der Waals surface area contributed by atoms with Crippen LogP contribution in [0.4, 0.5) is 10.1 Å². The van der Waals surface area contributed by atoms with E-state index in [9.17, 15) is 9.50 Å². The highest BCUT2D eigenvalue weighted by molar-refractivity contribution is 5.49. The lowest BCUT2D eigenvalue weighted by atomic mass is 9.92. The predicted octanol–water partition coefficient (Wildman–Crippen LogP) is 3.46. The number of rotatable bonds is 5. The summed E-state index contributed by atoms with van der Waals surface area (Å²) in [7, 11) is 1.42. The molecule has 0 aromatic heterocycles. The van der Waals surface area contributed by atoms with Crippen LogP contribution in [0.1, 0.15) is 18.1 Å². The highest BCUT2D eigenvalue weighted by atomic mass is 19.1. The third-order valence-electron chi connectivity index (χ3n) is 3.58. The Morgan fingerprint density at radius 2 is 1.86 bits per heavy atom. The number of halogens is 1. The van der Waals surface area contributed by atoms with E-state index in [1.807, 2.05) is 38.1 Å². The maximum absolute atomic E-state index is 13.9. The molecule has 0 aliphatic rings. The van der Waals surface area contributed by atoms with Gasteiger partial charge in [-0.05, 0) is 43.7 Å². The number of anilines is 1. The van der Waals surface area contributed by atoms with Gasteiger partial charge in [0, 0.05) is 5.69 Å². The van der Waals surface area contributed by atoms with E-state index in [0.29, 0.717) is 5.56 Å². The van der Waals surface area contributed by atoms with Crippen molar-refractivity contribution in [2.24, 2.45) is 0 Å². The lowest BCUT2D eigenvalue weighted by Gasteiger charge is -2.31. The molecule has 0 bridgehead atoms. The molecule has 2 N–H and O–H groups in total. The van der Waals surface area contributed by atoms with Crippen LogP contribution >= 0.6 is 0 Å². The van der Waals surface area contributed by atoms with Crippen LogP contribution in [0.15, 0.2) is 42.5 Å². The normalized spacial score (nSPS) is 13.6. The first-order valence-electron chi connectivity index (χ1n) is 6.78. The van der Waals surface area contributed by atoms with Crippen LogP contribution in [0.25, 0.3) is 0 Å². The Labute approximate surface area is 124 Å². The number of aliphatic hydroxyl groups is 1. The van der Waals surface area contributed by atoms with Crippen molar-refractivity contribution in [2.45, 2.75) is 19.4 Å². The van der Waals surface area contributed by atoms with Crippen molar-refractivity contribution in [3.05, 3.63) is 59.4 Å². The number of aliphatic hydroxyl groups excluding tert-OH is 1. The first-order chi connectivity index (χ1) is 9.98. The van der Waals surface area contributed by atoms with Crippen LogP contribution in [0, 0.1) is 12.7 Å². The average Bonchev–Trinajstić information content (AvgIpc) is 2.49. The minimum absolute atomic E-state index is 0.160. The van der Waals surface area contributed by atoms with Gasteiger partial charge < -0.3 is 15.2 Å². The Morgan fingerprint density at radius 1 is 1.19 bits per heavy atom. The van der Waals surface area contributed by atoms with Gasteiger partial charge in [-0.1, -0.05) is 23.8 Å². The van der Waals surface area contributed by atoms with Gasteiger partial charge >= 0.3 is 0 Å². The molecule has 0 saturated carbocycles. The van der Waals surface area contributed by atoms with Crippen molar-refractivity contribution in [3.8, 4) is 5.75 Å². The van der Waals surface area contributed by atoms with E-state index in [-0.39, 0.29) is 12.4 Å². The molecule has 2 aromatic carbocycles. The molecule has 0 aliphatic carbocycles. The largest absolute Gasteiger partial charge is 0.494 e. The number of aryl methyl sites for hydroxylation is 1. The van der Waals surface area contributed by atoms with Gasteiger partial charge in [-0.15, -0.1) is 0 Å². The van der Waals surface area contributed by atoms with Gasteiger partial charge in [0.1, 0.15) is 0 Å². The van der Waals surface area contributed by atoms with E-state index in [4.69, 9.17) is 4.74 Å². The summed E-state index contributed by atoms with van der Waals surface area (Å²) in [5.74, 6) is -0.255. The van der Waals surface area contributed by atoms with Crippen LogP contribution in [0.2, 0.25) is 0 Å². The van der Waals surface area contributed by atoms with E-state index in [0.717, 1.165) is 11.3 Å². The molecule has 0 fully saturated rings. The summed E-state index contributed by atoms with van der Waals surface area (Å²) in [5, 5.41) is 13.0. The smallest absolute Gasteiger partial charge is 0.165 e. The Kier molecular flexibility index (Phi) is 4.48. The molecule has 4 heteroatoms. The fourth-order valence-corrected chi connectivity index (χ4v) is 2.17. The summed E-state index contributed by atoms with van der Waals surface area (Å²) in [6.45, 7) is 3.68. The second-order valence-electron chi connectivity index (χ2n) is 5.33. The summed E-state index contributed by atoms with van der Waals surface area (Å²) in [6, 6.07) is 12.5. The van der Waals surface area contributed by atoms with Crippen molar-refractivity contribution in [2.75, 3.05) is 19.0 Å². The SMILES string of the molecule is COc1ccc(C(C)(CO)Nc2ccc(C)cc2)cc1F. The number of methoxy groups -OCH3 is 1. The second kappa shape index (κ2) is 6.14. The Hall–Kier alpha value is -2.07. The van der Waals surface area contributed by atoms with Gasteiger partial charge in [-0.2, -0.15) is 0 Å². The van der Waals surface area contributed by atoms with Crippen molar-refractivity contribution < 1.29 is 14.2 Å². The molecule has 1 unspecified atom stereocenters. The van der Waals surface area contributed by atoms with Crippen molar-refractivity contribution in [1.29, 1.82) is 0 Å². The van der Waals surface area contributed by atoms with E-state index >= 15 is 0 Å². The first-order valence-corrected chi connectivity index (χ1v) is 6.78. The van der Waals surface area contributed by atoms with E-state index in [2.05, 4.69) is 5.32 Å². The maximum atomic E-state index is 13.9. The lowest BCUT2D eigenvalue weighted by molar-refractivity contribution is 0.223. The number of nitrogens with one attached hydrogen (secondary N) is 1. The molecule has 0 saturated heterocycles. The molecule has 3 nitrogen and oxygen atoms in total. The fraction of sp³-hybridized carbons (Fsp3) is 0.294. The zero-order valence-corrected chi connectivity index (χ0v) is 12.5. The highest BCUT2D eigenvalue weighted by Crippen LogP contribution is 2.29. The molecule has 0 radical (unpaired) electrons. The molecule has 21 heavy (non-hydrogen) atoms. The van der Waals surface area contributed by atoms with Crippen LogP contribution in [0.3, 0.4) is 0 Å². The monoisotopic (exact) mass is 289 g/mol. The van der Waals surface area contributed by atoms with Gasteiger partial charge in [-0.3, -0.25) is 0 Å². The quantitative estimate of drug-likeness (QED) is 0.885. The summed E-state index contributed by atoms with van der Waals surface area (Å²) >= 11 is 0. The maximum Gasteiger partial charge on any atom is 0.165 e. The zero-order chi connectivity index (χ0) is 15.5. The standard InChI is InChI=1S/C17H20FNO2/c1-12-4-7-14(8-5-12)19-17(2,11-20)13-6-9-16(21-3)15(18)10-13/h4-10,19-20H,11H2,1-3H3. The van der Waals surface area contributed by atoms with Crippen LogP contribution in [-0.2, 0) is 5.54 Å². The number of ether oxygens (including phenoxy) is 1. The van der Waals surface area contributed by atoms with E-state index in [1.165, 1.54) is 13.2 Å². The molecule has 2 rings (SSSR count). The zero-order valence-electron chi connectivity index (χ0n) is 12.5. The Bertz CT molecular complexity index is 613. The molecular formula is C17H20FNO2. The Morgan fingerprint density at radius 3 is 2.38 bits per heavy atom. The van der Waals surface area contributed by atoms with Crippen molar-refractivity contribution in [1.82, 2.24) is 0 Å². The summed E-state index contributed by atoms with van der Waals surface area (Å²) in [5.41, 5.74) is 1.90. The van der Waals surface area contributed by atoms with Crippen LogP contribution < -0.4 is 10.1 Å². The van der Waals surface area contributed by atoms with E-state index < -0.39 is 11.4 Å². The van der Waals surface area contributed by atoms with Gasteiger partial charge in [0.05, 0.1) is 19.3 Å². The molecule has 2 aromatic rings. The van der Waals surface area contributed by atoms with Crippen molar-refractivity contribution in [3.63, 3.8) is 0 Å². The minimum Gasteiger partial charge on any atom is -0.494 e. The molecule has 0 spiro atoms. The summed E-state index contributed by atoms with van der Waals surface area (Å²) in [4.78, 5) is 0. The second-order valence-corrected chi connectivity index (χ2v) is 5.33. The molecule has 0 heterocycles. The predicted molar refractivity (Wildman–Crippen MR) is 82.2 cm³/mol. The average molecular weight is 289 g/mol. The molecule has 1 atom stereocenters. The third-order valence-corrected chi connectivity index (χ3v) is 3.58. The molecule has 112 valence electrons. The van der Waals surface area contributed by atoms with Gasteiger partial charge in [0.2, 0.25) is 0 Å². The van der Waals surface area contributed by atoms with Crippen LogP contribution in [-0.4, -0.2) is 18.8 Å². The number of benzene rings is 2.